The molecule has 1 saturated heterocycles. The van der Waals surface area contributed by atoms with Crippen molar-refractivity contribution in [2.45, 2.75) is 25.8 Å². The fourth-order valence-corrected chi connectivity index (χ4v) is 3.37. The van der Waals surface area contributed by atoms with Crippen LogP contribution in [-0.2, 0) is 9.84 Å². The molecule has 0 bridgehead atoms. The van der Waals surface area contributed by atoms with Crippen molar-refractivity contribution >= 4 is 26.5 Å². The number of nitrogens with one attached hydrogen (secondary N) is 1. The predicted octanol–water partition coefficient (Wildman–Crippen LogP) is 0.767. The molecule has 1 fully saturated rings. The second-order valence-electron chi connectivity index (χ2n) is 5.04. The number of piperidine rings is 1. The smallest absolute Gasteiger partial charge is 0.202 e. The van der Waals surface area contributed by atoms with Gasteiger partial charge < -0.3 is 10.2 Å². The Morgan fingerprint density at radius 1 is 1.42 bits per heavy atom. The number of aromatic nitrogens is 2. The van der Waals surface area contributed by atoms with Gasteiger partial charge in [0.25, 0.3) is 0 Å². The number of likely N-dealkylation sites (tertiary alicyclic amines) is 1. The van der Waals surface area contributed by atoms with Crippen molar-refractivity contribution < 1.29 is 8.42 Å². The summed E-state index contributed by atoms with van der Waals surface area (Å²) in [7, 11) is -2.86. The Morgan fingerprint density at radius 2 is 2.11 bits per heavy atom. The molecule has 1 aliphatic rings. The van der Waals surface area contributed by atoms with E-state index in [-0.39, 0.29) is 5.75 Å². The van der Waals surface area contributed by atoms with Gasteiger partial charge >= 0.3 is 0 Å². The van der Waals surface area contributed by atoms with Crippen molar-refractivity contribution in [1.29, 1.82) is 0 Å². The van der Waals surface area contributed by atoms with E-state index < -0.39 is 9.84 Å². The minimum absolute atomic E-state index is 0.251. The van der Waals surface area contributed by atoms with Crippen LogP contribution in [-0.4, -0.2) is 60.4 Å². The Hall–Kier alpha value is -0.730. The van der Waals surface area contributed by atoms with E-state index in [2.05, 4.69) is 19.6 Å². The van der Waals surface area contributed by atoms with Gasteiger partial charge in [-0.2, -0.15) is 4.37 Å². The van der Waals surface area contributed by atoms with E-state index in [4.69, 9.17) is 0 Å². The Bertz CT molecular complexity index is 507. The van der Waals surface area contributed by atoms with Crippen LogP contribution in [0.3, 0.4) is 0 Å². The lowest BCUT2D eigenvalue weighted by Crippen LogP contribution is -2.41. The van der Waals surface area contributed by atoms with E-state index in [1.807, 2.05) is 6.92 Å². The first-order valence-corrected chi connectivity index (χ1v) is 9.23. The van der Waals surface area contributed by atoms with Crippen molar-refractivity contribution in [1.82, 2.24) is 14.3 Å². The number of anilines is 1. The second-order valence-corrected chi connectivity index (χ2v) is 8.05. The Balaban J connectivity index is 1.73. The molecule has 1 aromatic rings. The highest BCUT2D eigenvalue weighted by atomic mass is 32.2. The van der Waals surface area contributed by atoms with Gasteiger partial charge in [-0.1, -0.05) is 0 Å². The Labute approximate surface area is 118 Å². The molecule has 6 nitrogen and oxygen atoms in total. The first-order valence-electron chi connectivity index (χ1n) is 6.39. The zero-order chi connectivity index (χ0) is 13.9. The van der Waals surface area contributed by atoms with Crippen LogP contribution in [0.2, 0.25) is 0 Å². The van der Waals surface area contributed by atoms with Gasteiger partial charge in [-0.3, -0.25) is 0 Å². The van der Waals surface area contributed by atoms with Crippen LogP contribution in [0.5, 0.6) is 0 Å². The highest BCUT2D eigenvalue weighted by Crippen LogP contribution is 2.17. The van der Waals surface area contributed by atoms with E-state index >= 15 is 0 Å². The van der Waals surface area contributed by atoms with E-state index in [9.17, 15) is 8.42 Å². The normalized spacial score (nSPS) is 18.6. The maximum absolute atomic E-state index is 11.1. The maximum Gasteiger partial charge on any atom is 0.202 e. The summed E-state index contributed by atoms with van der Waals surface area (Å²) in [6.07, 6.45) is 3.32. The number of rotatable bonds is 5. The van der Waals surface area contributed by atoms with Gasteiger partial charge in [-0.05, 0) is 19.8 Å². The zero-order valence-corrected chi connectivity index (χ0v) is 12.9. The summed E-state index contributed by atoms with van der Waals surface area (Å²) < 4.78 is 26.4. The topological polar surface area (TPSA) is 75.2 Å². The van der Waals surface area contributed by atoms with Crippen LogP contribution >= 0.6 is 11.5 Å². The lowest BCUT2D eigenvalue weighted by molar-refractivity contribution is 0.230. The summed E-state index contributed by atoms with van der Waals surface area (Å²) in [6.45, 7) is 4.40. The van der Waals surface area contributed by atoms with Gasteiger partial charge in [-0.15, -0.1) is 0 Å². The number of nitrogens with zero attached hydrogens (tertiary/aromatic N) is 3. The van der Waals surface area contributed by atoms with Crippen molar-refractivity contribution in [3.8, 4) is 0 Å². The van der Waals surface area contributed by atoms with Gasteiger partial charge in [0.15, 0.2) is 0 Å². The summed E-state index contributed by atoms with van der Waals surface area (Å²) in [4.78, 5) is 6.51. The maximum atomic E-state index is 11.1. The molecule has 0 unspecified atom stereocenters. The van der Waals surface area contributed by atoms with Gasteiger partial charge in [0.1, 0.15) is 15.7 Å². The standard InChI is InChI=1S/C11H20N4O2S2/c1-9-12-11(18-14-9)13-10-3-5-15(6-4-10)7-8-19(2,16)17/h10H,3-8H2,1-2H3,(H,12,13,14). The number of aryl methyl sites for hydroxylation is 1. The monoisotopic (exact) mass is 304 g/mol. The van der Waals surface area contributed by atoms with E-state index in [0.29, 0.717) is 12.6 Å². The highest BCUT2D eigenvalue weighted by molar-refractivity contribution is 7.90. The van der Waals surface area contributed by atoms with Crippen LogP contribution in [0, 0.1) is 6.92 Å². The lowest BCUT2D eigenvalue weighted by atomic mass is 10.1. The second kappa shape index (κ2) is 6.15. The summed E-state index contributed by atoms with van der Waals surface area (Å²) in [5.41, 5.74) is 0. The lowest BCUT2D eigenvalue weighted by Gasteiger charge is -2.31. The molecule has 0 saturated carbocycles. The molecule has 2 heterocycles. The Kier molecular flexibility index (Phi) is 4.75. The molecular formula is C11H20N4O2S2. The van der Waals surface area contributed by atoms with Crippen LogP contribution in [0.4, 0.5) is 5.13 Å². The van der Waals surface area contributed by atoms with Crippen molar-refractivity contribution in [2.24, 2.45) is 0 Å². The molecule has 1 aliphatic heterocycles. The molecule has 108 valence electrons. The molecule has 2 rings (SSSR count). The van der Waals surface area contributed by atoms with Gasteiger partial charge in [0.05, 0.1) is 5.75 Å². The summed E-state index contributed by atoms with van der Waals surface area (Å²) in [5, 5.41) is 4.28. The molecule has 0 aliphatic carbocycles. The largest absolute Gasteiger partial charge is 0.357 e. The van der Waals surface area contributed by atoms with Gasteiger partial charge in [-0.25, -0.2) is 13.4 Å². The minimum atomic E-state index is -2.86. The zero-order valence-electron chi connectivity index (χ0n) is 11.3. The van der Waals surface area contributed by atoms with Crippen LogP contribution in [0.25, 0.3) is 0 Å². The quantitative estimate of drug-likeness (QED) is 0.866. The molecule has 0 aromatic carbocycles. The third kappa shape index (κ3) is 5.04. The molecule has 1 N–H and O–H groups in total. The molecule has 0 atom stereocenters. The molecule has 8 heteroatoms. The SMILES string of the molecule is Cc1nsc(NC2CCN(CCS(C)(=O)=O)CC2)n1. The first kappa shape index (κ1) is 14.7. The molecular weight excluding hydrogens is 284 g/mol. The number of hydrogen-bond donors (Lipinski definition) is 1. The van der Waals surface area contributed by atoms with Crippen molar-refractivity contribution in [3.63, 3.8) is 0 Å². The number of sulfone groups is 1. The average Bonchev–Trinajstić information content (AvgIpc) is 2.73. The molecule has 19 heavy (non-hydrogen) atoms. The van der Waals surface area contributed by atoms with Crippen molar-refractivity contribution in [2.75, 3.05) is 37.0 Å². The van der Waals surface area contributed by atoms with Crippen molar-refractivity contribution in [3.05, 3.63) is 5.82 Å². The molecule has 0 amide bonds. The van der Waals surface area contributed by atoms with Crippen LogP contribution in [0.15, 0.2) is 0 Å². The molecule has 1 aromatic heterocycles. The summed E-state index contributed by atoms with van der Waals surface area (Å²) in [5.74, 6) is 1.05. The van der Waals surface area contributed by atoms with Crippen LogP contribution in [0.1, 0.15) is 18.7 Å². The van der Waals surface area contributed by atoms with Gasteiger partial charge in [0.2, 0.25) is 5.13 Å². The fourth-order valence-electron chi connectivity index (χ4n) is 2.13. The first-order chi connectivity index (χ1) is 8.92. The van der Waals surface area contributed by atoms with E-state index in [1.165, 1.54) is 17.8 Å². The predicted molar refractivity (Wildman–Crippen MR) is 77.4 cm³/mol. The average molecular weight is 304 g/mol. The summed E-state index contributed by atoms with van der Waals surface area (Å²) in [6, 6.07) is 0.418. The molecule has 0 spiro atoms. The third-order valence-corrected chi connectivity index (χ3v) is 4.88. The third-order valence-electron chi connectivity index (χ3n) is 3.22. The number of hydrogen-bond acceptors (Lipinski definition) is 7. The minimum Gasteiger partial charge on any atom is -0.357 e. The summed E-state index contributed by atoms with van der Waals surface area (Å²) >= 11 is 1.39. The highest BCUT2D eigenvalue weighted by Gasteiger charge is 2.20. The van der Waals surface area contributed by atoms with E-state index in [0.717, 1.165) is 36.9 Å². The van der Waals surface area contributed by atoms with Crippen LogP contribution < -0.4 is 5.32 Å². The fraction of sp³-hybridized carbons (Fsp3) is 0.818. The Morgan fingerprint density at radius 3 is 2.63 bits per heavy atom. The van der Waals surface area contributed by atoms with E-state index in [1.54, 1.807) is 0 Å². The van der Waals surface area contributed by atoms with Gasteiger partial charge in [0, 0.05) is 43.5 Å². The molecule has 0 radical (unpaired) electrons.